The Bertz CT molecular complexity index is 860. The highest BCUT2D eigenvalue weighted by atomic mass is 35.5. The predicted molar refractivity (Wildman–Crippen MR) is 100 cm³/mol. The van der Waals surface area contributed by atoms with Crippen LogP contribution in [0.15, 0.2) is 48.5 Å². The average molecular weight is 408 g/mol. The third kappa shape index (κ3) is 4.69. The molecule has 1 N–H and O–H groups in total. The van der Waals surface area contributed by atoms with E-state index in [4.69, 9.17) is 16.3 Å². The lowest BCUT2D eigenvalue weighted by molar-refractivity contribution is -0.384. The van der Waals surface area contributed by atoms with Crippen molar-refractivity contribution in [3.05, 3.63) is 69.2 Å². The van der Waals surface area contributed by atoms with E-state index in [1.54, 1.807) is 24.3 Å². The molecule has 1 saturated heterocycles. The van der Waals surface area contributed by atoms with Crippen LogP contribution in [0.2, 0.25) is 5.02 Å². The number of nitrogens with zero attached hydrogens (tertiary/aromatic N) is 2. The molecule has 27 heavy (non-hydrogen) atoms. The van der Waals surface area contributed by atoms with Crippen LogP contribution in [0.4, 0.5) is 5.69 Å². The molecule has 2 amide bonds. The van der Waals surface area contributed by atoms with Gasteiger partial charge in [0.05, 0.1) is 10.7 Å². The second-order valence-corrected chi connectivity index (χ2v) is 7.06. The standard InChI is InChI=1S/C17H14ClN3O5S/c18-12-3-1-11(2-4-12)17-20(16(23)10-27-17)19-15(22)9-26-14-7-5-13(6-8-14)21(24)25/h1-8,17H,9-10H2,(H,19,22). The van der Waals surface area contributed by atoms with E-state index in [1.807, 2.05) is 0 Å². The normalized spacial score (nSPS) is 16.3. The molecule has 0 aromatic heterocycles. The number of nitro benzene ring substituents is 1. The summed E-state index contributed by atoms with van der Waals surface area (Å²) in [4.78, 5) is 34.3. The molecule has 1 atom stereocenters. The summed E-state index contributed by atoms with van der Waals surface area (Å²) in [6, 6.07) is 12.4. The number of halogens is 1. The Morgan fingerprint density at radius 2 is 1.93 bits per heavy atom. The molecule has 1 aliphatic rings. The molecule has 10 heteroatoms. The van der Waals surface area contributed by atoms with E-state index in [0.29, 0.717) is 10.8 Å². The maximum atomic E-state index is 12.2. The number of thioether (sulfide) groups is 1. The number of carbonyl (C=O) groups is 2. The third-order valence-corrected chi connectivity index (χ3v) is 5.15. The molecular formula is C17H14ClN3O5S. The maximum absolute atomic E-state index is 12.2. The number of nitro groups is 1. The fourth-order valence-corrected chi connectivity index (χ4v) is 3.63. The molecule has 0 radical (unpaired) electrons. The number of nitrogens with one attached hydrogen (secondary N) is 1. The molecule has 0 bridgehead atoms. The van der Waals surface area contributed by atoms with Crippen molar-refractivity contribution >= 4 is 40.9 Å². The number of benzene rings is 2. The van der Waals surface area contributed by atoms with Gasteiger partial charge in [0.15, 0.2) is 6.61 Å². The van der Waals surface area contributed by atoms with Crippen molar-refractivity contribution in [2.75, 3.05) is 12.4 Å². The Morgan fingerprint density at radius 3 is 2.56 bits per heavy atom. The molecule has 1 aliphatic heterocycles. The Kier molecular flexibility index (Phi) is 5.82. The minimum absolute atomic E-state index is 0.0719. The van der Waals surface area contributed by atoms with Crippen LogP contribution in [-0.4, -0.2) is 34.1 Å². The number of non-ortho nitro benzene ring substituents is 1. The molecule has 0 spiro atoms. The van der Waals surface area contributed by atoms with Crippen LogP contribution in [-0.2, 0) is 9.59 Å². The maximum Gasteiger partial charge on any atom is 0.276 e. The van der Waals surface area contributed by atoms with E-state index in [0.717, 1.165) is 5.56 Å². The van der Waals surface area contributed by atoms with Crippen molar-refractivity contribution in [3.8, 4) is 5.75 Å². The van der Waals surface area contributed by atoms with Crippen LogP contribution in [0.1, 0.15) is 10.9 Å². The first-order valence-corrected chi connectivity index (χ1v) is 9.22. The molecule has 1 fully saturated rings. The summed E-state index contributed by atoms with van der Waals surface area (Å²) in [5.74, 6) is -0.171. The van der Waals surface area contributed by atoms with Gasteiger partial charge in [0.2, 0.25) is 0 Å². The lowest BCUT2D eigenvalue weighted by Crippen LogP contribution is -2.46. The Balaban J connectivity index is 1.59. The van der Waals surface area contributed by atoms with Crippen LogP contribution in [0.5, 0.6) is 5.75 Å². The van der Waals surface area contributed by atoms with Crippen molar-refractivity contribution in [1.82, 2.24) is 10.4 Å². The van der Waals surface area contributed by atoms with Gasteiger partial charge >= 0.3 is 0 Å². The van der Waals surface area contributed by atoms with Crippen molar-refractivity contribution in [2.45, 2.75) is 5.37 Å². The van der Waals surface area contributed by atoms with Gasteiger partial charge in [-0.1, -0.05) is 23.7 Å². The third-order valence-electron chi connectivity index (χ3n) is 3.69. The molecule has 0 aliphatic carbocycles. The average Bonchev–Trinajstić information content (AvgIpc) is 3.01. The van der Waals surface area contributed by atoms with Crippen molar-refractivity contribution in [3.63, 3.8) is 0 Å². The molecular weight excluding hydrogens is 394 g/mol. The molecule has 3 rings (SSSR count). The number of hydrogen-bond acceptors (Lipinski definition) is 6. The minimum Gasteiger partial charge on any atom is -0.484 e. The second-order valence-electron chi connectivity index (χ2n) is 5.55. The lowest BCUT2D eigenvalue weighted by Gasteiger charge is -2.24. The summed E-state index contributed by atoms with van der Waals surface area (Å²) in [6.45, 7) is -0.334. The minimum atomic E-state index is -0.524. The zero-order chi connectivity index (χ0) is 19.4. The van der Waals surface area contributed by atoms with Gasteiger partial charge in [-0.3, -0.25) is 25.1 Å². The van der Waals surface area contributed by atoms with Crippen molar-refractivity contribution in [1.29, 1.82) is 0 Å². The van der Waals surface area contributed by atoms with Crippen molar-refractivity contribution < 1.29 is 19.2 Å². The molecule has 8 nitrogen and oxygen atoms in total. The Labute approximate surface area is 163 Å². The zero-order valence-corrected chi connectivity index (χ0v) is 15.4. The monoisotopic (exact) mass is 407 g/mol. The van der Waals surface area contributed by atoms with Gasteiger partial charge in [0, 0.05) is 17.2 Å². The first kappa shape index (κ1) is 19.0. The first-order chi connectivity index (χ1) is 12.9. The Morgan fingerprint density at radius 1 is 1.26 bits per heavy atom. The van der Waals surface area contributed by atoms with E-state index in [2.05, 4.69) is 5.43 Å². The first-order valence-electron chi connectivity index (χ1n) is 7.80. The smallest absolute Gasteiger partial charge is 0.276 e. The van der Waals surface area contributed by atoms with E-state index >= 15 is 0 Å². The largest absolute Gasteiger partial charge is 0.484 e. The van der Waals surface area contributed by atoms with Gasteiger partial charge in [-0.15, -0.1) is 11.8 Å². The highest BCUT2D eigenvalue weighted by Crippen LogP contribution is 2.37. The number of amides is 2. The fraction of sp³-hybridized carbons (Fsp3) is 0.176. The van der Waals surface area contributed by atoms with E-state index in [1.165, 1.54) is 41.0 Å². The summed E-state index contributed by atoms with van der Waals surface area (Å²) in [7, 11) is 0. The number of rotatable bonds is 6. The van der Waals surface area contributed by atoms with Gasteiger partial charge in [0.25, 0.3) is 17.5 Å². The van der Waals surface area contributed by atoms with Crippen LogP contribution < -0.4 is 10.2 Å². The second kappa shape index (κ2) is 8.28. The summed E-state index contributed by atoms with van der Waals surface area (Å²) in [6.07, 6.45) is 0. The van der Waals surface area contributed by atoms with Gasteiger partial charge < -0.3 is 4.74 Å². The van der Waals surface area contributed by atoms with Crippen LogP contribution in [0, 0.1) is 10.1 Å². The number of hydrazine groups is 1. The van der Waals surface area contributed by atoms with E-state index in [9.17, 15) is 19.7 Å². The highest BCUT2D eigenvalue weighted by molar-refractivity contribution is 8.00. The predicted octanol–water partition coefficient (Wildman–Crippen LogP) is 2.93. The number of carbonyl (C=O) groups excluding carboxylic acids is 2. The summed E-state index contributed by atoms with van der Waals surface area (Å²) in [5, 5.41) is 12.1. The topological polar surface area (TPSA) is 102 Å². The highest BCUT2D eigenvalue weighted by Gasteiger charge is 2.34. The Hall–Kier alpha value is -2.78. The van der Waals surface area contributed by atoms with Gasteiger partial charge in [-0.25, -0.2) is 5.01 Å². The number of hydrogen-bond donors (Lipinski definition) is 1. The SMILES string of the molecule is O=C(COc1ccc([N+](=O)[O-])cc1)NN1C(=O)CSC1c1ccc(Cl)cc1. The zero-order valence-electron chi connectivity index (χ0n) is 13.8. The molecule has 1 heterocycles. The summed E-state index contributed by atoms with van der Waals surface area (Å²) >= 11 is 7.28. The molecule has 140 valence electrons. The van der Waals surface area contributed by atoms with Crippen LogP contribution in [0.25, 0.3) is 0 Å². The van der Waals surface area contributed by atoms with Gasteiger partial charge in [0.1, 0.15) is 11.1 Å². The van der Waals surface area contributed by atoms with Crippen LogP contribution in [0.3, 0.4) is 0 Å². The fourth-order valence-electron chi connectivity index (χ4n) is 2.40. The molecule has 1 unspecified atom stereocenters. The molecule has 0 saturated carbocycles. The number of ether oxygens (including phenoxy) is 1. The summed E-state index contributed by atoms with van der Waals surface area (Å²) in [5.41, 5.74) is 3.32. The van der Waals surface area contributed by atoms with E-state index < -0.39 is 10.8 Å². The van der Waals surface area contributed by atoms with Crippen molar-refractivity contribution in [2.24, 2.45) is 0 Å². The van der Waals surface area contributed by atoms with Gasteiger partial charge in [-0.2, -0.15) is 0 Å². The molecule has 2 aromatic carbocycles. The van der Waals surface area contributed by atoms with E-state index in [-0.39, 0.29) is 29.3 Å². The molecule has 2 aromatic rings. The quantitative estimate of drug-likeness (QED) is 0.583. The lowest BCUT2D eigenvalue weighted by atomic mass is 10.2. The van der Waals surface area contributed by atoms with Gasteiger partial charge in [-0.05, 0) is 29.8 Å². The van der Waals surface area contributed by atoms with Crippen LogP contribution >= 0.6 is 23.4 Å². The summed E-state index contributed by atoms with van der Waals surface area (Å²) < 4.78 is 5.31.